The van der Waals surface area contributed by atoms with Gasteiger partial charge >= 0.3 is 0 Å². The maximum atomic E-state index is 6.00. The summed E-state index contributed by atoms with van der Waals surface area (Å²) in [4.78, 5) is 13.2. The number of morpholine rings is 1. The van der Waals surface area contributed by atoms with Crippen molar-refractivity contribution >= 4 is 11.3 Å². The quantitative estimate of drug-likeness (QED) is 0.582. The Morgan fingerprint density at radius 2 is 1.83 bits per heavy atom. The standard InChI is InChI=1S/C23H31N5OS/c1-14(2)17(5)28-22(25-21(26-28)19-13-27(6)11-12-29-19)20-16(4)24-23(30-20)18-9-7-15(3)8-10-18/h7-10,14,17,19H,11-13H2,1-6H3. The molecule has 2 unspecified atom stereocenters. The zero-order valence-electron chi connectivity index (χ0n) is 18.7. The molecule has 0 N–H and O–H groups in total. The first kappa shape index (κ1) is 21.2. The third-order valence-electron chi connectivity index (χ3n) is 5.85. The summed E-state index contributed by atoms with van der Waals surface area (Å²) in [5, 5.41) is 5.95. The Bertz CT molecular complexity index is 1010. The number of hydrogen-bond donors (Lipinski definition) is 0. The lowest BCUT2D eigenvalue weighted by Crippen LogP contribution is -2.35. The van der Waals surface area contributed by atoms with Crippen LogP contribution in [0.2, 0.25) is 0 Å². The van der Waals surface area contributed by atoms with E-state index in [0.717, 1.165) is 45.9 Å². The average Bonchev–Trinajstić information content (AvgIpc) is 3.31. The Morgan fingerprint density at radius 3 is 2.50 bits per heavy atom. The lowest BCUT2D eigenvalue weighted by atomic mass is 10.1. The van der Waals surface area contributed by atoms with Crippen LogP contribution >= 0.6 is 11.3 Å². The molecule has 0 saturated carbocycles. The Labute approximate surface area is 182 Å². The van der Waals surface area contributed by atoms with E-state index >= 15 is 0 Å². The molecule has 1 aliphatic heterocycles. The summed E-state index contributed by atoms with van der Waals surface area (Å²) >= 11 is 1.69. The van der Waals surface area contributed by atoms with Crippen LogP contribution in [0.25, 0.3) is 21.3 Å². The molecule has 0 spiro atoms. The highest BCUT2D eigenvalue weighted by atomic mass is 32.1. The topological polar surface area (TPSA) is 56.1 Å². The largest absolute Gasteiger partial charge is 0.367 e. The highest BCUT2D eigenvalue weighted by molar-refractivity contribution is 7.18. The molecule has 4 rings (SSSR count). The van der Waals surface area contributed by atoms with E-state index in [2.05, 4.69) is 75.5 Å². The smallest absolute Gasteiger partial charge is 0.181 e. The van der Waals surface area contributed by atoms with Gasteiger partial charge in [0, 0.05) is 18.7 Å². The Morgan fingerprint density at radius 1 is 1.10 bits per heavy atom. The van der Waals surface area contributed by atoms with Crippen LogP contribution in [0.3, 0.4) is 0 Å². The van der Waals surface area contributed by atoms with Crippen LogP contribution in [0.15, 0.2) is 24.3 Å². The van der Waals surface area contributed by atoms with E-state index in [0.29, 0.717) is 12.5 Å². The van der Waals surface area contributed by atoms with E-state index in [9.17, 15) is 0 Å². The number of hydrogen-bond acceptors (Lipinski definition) is 6. The first-order chi connectivity index (χ1) is 14.3. The second kappa shape index (κ2) is 8.57. The van der Waals surface area contributed by atoms with Crippen LogP contribution in [0.4, 0.5) is 0 Å². The first-order valence-corrected chi connectivity index (χ1v) is 11.5. The van der Waals surface area contributed by atoms with E-state index < -0.39 is 0 Å². The molecule has 1 saturated heterocycles. The summed E-state index contributed by atoms with van der Waals surface area (Å²) in [6.45, 7) is 13.3. The molecule has 1 fully saturated rings. The van der Waals surface area contributed by atoms with Crippen molar-refractivity contribution in [3.8, 4) is 21.3 Å². The summed E-state index contributed by atoms with van der Waals surface area (Å²) in [5.74, 6) is 2.11. The molecule has 0 aliphatic carbocycles. The number of aryl methyl sites for hydroxylation is 2. The number of rotatable bonds is 5. The van der Waals surface area contributed by atoms with Crippen molar-refractivity contribution in [3.05, 3.63) is 41.3 Å². The van der Waals surface area contributed by atoms with Crippen molar-refractivity contribution in [3.63, 3.8) is 0 Å². The molecule has 0 amide bonds. The number of benzene rings is 1. The van der Waals surface area contributed by atoms with Gasteiger partial charge in [-0.05, 0) is 33.7 Å². The van der Waals surface area contributed by atoms with E-state index in [1.54, 1.807) is 11.3 Å². The van der Waals surface area contributed by atoms with Gasteiger partial charge in [0.25, 0.3) is 0 Å². The molecule has 3 aromatic rings. The van der Waals surface area contributed by atoms with Gasteiger partial charge < -0.3 is 9.64 Å². The van der Waals surface area contributed by atoms with Gasteiger partial charge in [0.2, 0.25) is 0 Å². The zero-order chi connectivity index (χ0) is 21.4. The minimum absolute atomic E-state index is 0.0899. The van der Waals surface area contributed by atoms with Gasteiger partial charge in [-0.3, -0.25) is 0 Å². The molecule has 0 radical (unpaired) electrons. The molecular weight excluding hydrogens is 394 g/mol. The monoisotopic (exact) mass is 425 g/mol. The van der Waals surface area contributed by atoms with Crippen LogP contribution in [0.5, 0.6) is 0 Å². The molecule has 1 aromatic carbocycles. The summed E-state index contributed by atoms with van der Waals surface area (Å²) in [5.41, 5.74) is 3.38. The van der Waals surface area contributed by atoms with Crippen molar-refractivity contribution in [2.75, 3.05) is 26.7 Å². The van der Waals surface area contributed by atoms with E-state index in [-0.39, 0.29) is 12.1 Å². The van der Waals surface area contributed by atoms with Crippen molar-refractivity contribution in [1.29, 1.82) is 0 Å². The van der Waals surface area contributed by atoms with Crippen molar-refractivity contribution < 1.29 is 4.74 Å². The number of ether oxygens (including phenoxy) is 1. The van der Waals surface area contributed by atoms with Gasteiger partial charge in [-0.25, -0.2) is 14.6 Å². The molecule has 160 valence electrons. The summed E-state index contributed by atoms with van der Waals surface area (Å²) in [6, 6.07) is 8.76. The molecule has 30 heavy (non-hydrogen) atoms. The molecule has 6 nitrogen and oxygen atoms in total. The second-order valence-electron chi connectivity index (χ2n) is 8.64. The number of aromatic nitrogens is 4. The Kier molecular flexibility index (Phi) is 6.04. The molecule has 7 heteroatoms. The first-order valence-electron chi connectivity index (χ1n) is 10.6. The third kappa shape index (κ3) is 4.19. The van der Waals surface area contributed by atoms with Gasteiger partial charge in [0.1, 0.15) is 11.1 Å². The van der Waals surface area contributed by atoms with Crippen LogP contribution in [0, 0.1) is 19.8 Å². The molecule has 1 aliphatic rings. The molecule has 3 heterocycles. The highest BCUT2D eigenvalue weighted by Crippen LogP contribution is 2.37. The summed E-state index contributed by atoms with van der Waals surface area (Å²) < 4.78 is 8.08. The van der Waals surface area contributed by atoms with Crippen LogP contribution in [-0.4, -0.2) is 51.4 Å². The van der Waals surface area contributed by atoms with Crippen LogP contribution in [-0.2, 0) is 4.74 Å². The van der Waals surface area contributed by atoms with E-state index in [1.165, 1.54) is 5.56 Å². The minimum Gasteiger partial charge on any atom is -0.367 e. The predicted octanol–water partition coefficient (Wildman–Crippen LogP) is 4.91. The van der Waals surface area contributed by atoms with Gasteiger partial charge in [0.15, 0.2) is 11.6 Å². The zero-order valence-corrected chi connectivity index (χ0v) is 19.5. The van der Waals surface area contributed by atoms with Gasteiger partial charge in [0.05, 0.1) is 23.2 Å². The fraction of sp³-hybridized carbons (Fsp3) is 0.522. The van der Waals surface area contributed by atoms with E-state index in [4.69, 9.17) is 19.8 Å². The minimum atomic E-state index is -0.0899. The van der Waals surface area contributed by atoms with Gasteiger partial charge in [-0.1, -0.05) is 43.7 Å². The number of likely N-dealkylation sites (N-methyl/N-ethyl adjacent to an activating group) is 1. The van der Waals surface area contributed by atoms with Gasteiger partial charge in [-0.2, -0.15) is 5.10 Å². The van der Waals surface area contributed by atoms with Crippen LogP contribution < -0.4 is 0 Å². The Hall–Kier alpha value is -2.09. The molecular formula is C23H31N5OS. The summed E-state index contributed by atoms with van der Waals surface area (Å²) in [6.07, 6.45) is -0.0899. The van der Waals surface area contributed by atoms with Crippen molar-refractivity contribution in [1.82, 2.24) is 24.6 Å². The SMILES string of the molecule is Cc1ccc(-c2nc(C)c(-c3nc(C4CN(C)CCO4)nn3C(C)C(C)C)s2)cc1. The average molecular weight is 426 g/mol. The van der Waals surface area contributed by atoms with Crippen LogP contribution in [0.1, 0.15) is 50.0 Å². The highest BCUT2D eigenvalue weighted by Gasteiger charge is 2.28. The maximum absolute atomic E-state index is 6.00. The normalized spacial score (nSPS) is 18.8. The second-order valence-corrected chi connectivity index (χ2v) is 9.64. The van der Waals surface area contributed by atoms with Crippen molar-refractivity contribution in [2.24, 2.45) is 5.92 Å². The molecule has 2 aromatic heterocycles. The fourth-order valence-corrected chi connectivity index (χ4v) is 4.61. The number of thiazole rings is 1. The summed E-state index contributed by atoms with van der Waals surface area (Å²) in [7, 11) is 2.12. The number of nitrogens with zero attached hydrogens (tertiary/aromatic N) is 5. The molecule has 0 bridgehead atoms. The van der Waals surface area contributed by atoms with E-state index in [1.807, 2.05) is 0 Å². The molecule has 2 atom stereocenters. The van der Waals surface area contributed by atoms with Gasteiger partial charge in [-0.15, -0.1) is 11.3 Å². The van der Waals surface area contributed by atoms with Crippen molar-refractivity contribution in [2.45, 2.75) is 46.8 Å². The fourth-order valence-electron chi connectivity index (χ4n) is 3.55. The maximum Gasteiger partial charge on any atom is 0.181 e. The Balaban J connectivity index is 1.76. The lowest BCUT2D eigenvalue weighted by molar-refractivity contribution is -0.0256. The predicted molar refractivity (Wildman–Crippen MR) is 122 cm³/mol. The lowest BCUT2D eigenvalue weighted by Gasteiger charge is -2.28. The third-order valence-corrected chi connectivity index (χ3v) is 7.06.